The molecule has 1 aliphatic rings. The maximum absolute atomic E-state index is 11.7. The summed E-state index contributed by atoms with van der Waals surface area (Å²) in [7, 11) is 3.17. The lowest BCUT2D eigenvalue weighted by molar-refractivity contribution is -0.120. The molecule has 0 aromatic heterocycles. The minimum atomic E-state index is -0.164. The van der Waals surface area contributed by atoms with Crippen LogP contribution in [0.2, 0.25) is 0 Å². The van der Waals surface area contributed by atoms with Gasteiger partial charge in [-0.05, 0) is 36.2 Å². The van der Waals surface area contributed by atoms with E-state index in [1.807, 2.05) is 42.5 Å². The van der Waals surface area contributed by atoms with Gasteiger partial charge in [0.2, 0.25) is 11.7 Å². The Morgan fingerprint density at radius 2 is 1.71 bits per heavy atom. The molecule has 3 rings (SSSR count). The van der Waals surface area contributed by atoms with E-state index in [-0.39, 0.29) is 11.9 Å². The average Bonchev–Trinajstić information content (AvgIpc) is 3.15. The summed E-state index contributed by atoms with van der Waals surface area (Å²) < 4.78 is 22.5. The lowest BCUT2D eigenvalue weighted by Gasteiger charge is -2.17. The van der Waals surface area contributed by atoms with E-state index < -0.39 is 0 Å². The van der Waals surface area contributed by atoms with Crippen molar-refractivity contribution in [3.05, 3.63) is 48.0 Å². The van der Waals surface area contributed by atoms with Gasteiger partial charge in [-0.15, -0.1) is 0 Å². The Morgan fingerprint density at radius 1 is 1.04 bits per heavy atom. The molecule has 1 unspecified atom stereocenters. The summed E-state index contributed by atoms with van der Waals surface area (Å²) in [4.78, 5) is 11.7. The van der Waals surface area contributed by atoms with Gasteiger partial charge in [0, 0.05) is 13.1 Å². The van der Waals surface area contributed by atoms with Crippen molar-refractivity contribution in [3.8, 4) is 23.0 Å². The van der Waals surface area contributed by atoms with Gasteiger partial charge in [-0.3, -0.25) is 4.79 Å². The van der Waals surface area contributed by atoms with Crippen LogP contribution >= 0.6 is 0 Å². The highest BCUT2D eigenvalue weighted by atomic mass is 16.6. The van der Waals surface area contributed by atoms with Crippen LogP contribution in [-0.4, -0.2) is 45.9 Å². The highest BCUT2D eigenvalue weighted by Crippen LogP contribution is 2.38. The number of hydrogen-bond acceptors (Lipinski definition) is 6. The monoisotopic (exact) mass is 386 g/mol. The maximum Gasteiger partial charge on any atom is 0.237 e. The molecule has 2 aromatic carbocycles. The van der Waals surface area contributed by atoms with Crippen molar-refractivity contribution >= 4 is 5.91 Å². The van der Waals surface area contributed by atoms with Gasteiger partial charge in [-0.1, -0.05) is 18.2 Å². The Labute approximate surface area is 164 Å². The van der Waals surface area contributed by atoms with Crippen LogP contribution in [0.5, 0.6) is 23.0 Å². The molecule has 0 spiro atoms. The Balaban J connectivity index is 1.60. The van der Waals surface area contributed by atoms with Crippen molar-refractivity contribution in [1.82, 2.24) is 10.6 Å². The predicted molar refractivity (Wildman–Crippen MR) is 105 cm³/mol. The van der Waals surface area contributed by atoms with Gasteiger partial charge in [-0.2, -0.15) is 0 Å². The normalized spacial score (nSPS) is 15.8. The Morgan fingerprint density at radius 3 is 2.32 bits per heavy atom. The molecule has 1 heterocycles. The number of carbonyl (C=O) groups is 1. The highest BCUT2D eigenvalue weighted by Gasteiger charge is 2.23. The molecule has 0 saturated carbocycles. The van der Waals surface area contributed by atoms with E-state index in [0.29, 0.717) is 43.6 Å². The van der Waals surface area contributed by atoms with E-state index in [1.165, 1.54) is 0 Å². The first-order valence-electron chi connectivity index (χ1n) is 9.28. The third kappa shape index (κ3) is 5.07. The fourth-order valence-electron chi connectivity index (χ4n) is 3.03. The SMILES string of the molecule is COc1cc(CNC2CCNC2=O)cc(OC)c1OCCOc1ccccc1. The molecule has 1 amide bonds. The van der Waals surface area contributed by atoms with Crippen LogP contribution in [0.25, 0.3) is 0 Å². The molecule has 2 aromatic rings. The Hall–Kier alpha value is -2.93. The van der Waals surface area contributed by atoms with Gasteiger partial charge >= 0.3 is 0 Å². The van der Waals surface area contributed by atoms with E-state index in [9.17, 15) is 4.79 Å². The minimum Gasteiger partial charge on any atom is -0.493 e. The molecule has 1 aliphatic heterocycles. The van der Waals surface area contributed by atoms with Crippen LogP contribution in [0, 0.1) is 0 Å². The van der Waals surface area contributed by atoms with Crippen LogP contribution < -0.4 is 29.6 Å². The van der Waals surface area contributed by atoms with Gasteiger partial charge in [0.05, 0.1) is 20.3 Å². The predicted octanol–water partition coefficient (Wildman–Crippen LogP) is 2.14. The molecule has 0 radical (unpaired) electrons. The molecule has 28 heavy (non-hydrogen) atoms. The number of benzene rings is 2. The molecule has 1 atom stereocenters. The van der Waals surface area contributed by atoms with Gasteiger partial charge in [0.15, 0.2) is 11.5 Å². The van der Waals surface area contributed by atoms with Gasteiger partial charge in [-0.25, -0.2) is 0 Å². The summed E-state index contributed by atoms with van der Waals surface area (Å²) in [5.41, 5.74) is 0.946. The van der Waals surface area contributed by atoms with Crippen molar-refractivity contribution in [2.24, 2.45) is 0 Å². The first-order chi connectivity index (χ1) is 13.7. The number of carbonyl (C=O) groups excluding carboxylic acids is 1. The second-order valence-corrected chi connectivity index (χ2v) is 6.35. The third-order valence-corrected chi connectivity index (χ3v) is 4.46. The summed E-state index contributed by atoms with van der Waals surface area (Å²) >= 11 is 0. The fourth-order valence-corrected chi connectivity index (χ4v) is 3.03. The molecule has 2 N–H and O–H groups in total. The van der Waals surface area contributed by atoms with Crippen molar-refractivity contribution < 1.29 is 23.7 Å². The first kappa shape index (κ1) is 19.8. The second kappa shape index (κ2) is 9.85. The standard InChI is InChI=1S/C21H26N2O5/c1-25-18-12-15(14-23-17-8-9-22-21(17)24)13-19(26-2)20(18)28-11-10-27-16-6-4-3-5-7-16/h3-7,12-13,17,23H,8-11,14H2,1-2H3,(H,22,24). The second-order valence-electron chi connectivity index (χ2n) is 6.35. The zero-order chi connectivity index (χ0) is 19.8. The zero-order valence-electron chi connectivity index (χ0n) is 16.2. The number of ether oxygens (including phenoxy) is 4. The van der Waals surface area contributed by atoms with Gasteiger partial charge in [0.1, 0.15) is 19.0 Å². The number of para-hydroxylation sites is 1. The van der Waals surface area contributed by atoms with E-state index >= 15 is 0 Å². The van der Waals surface area contributed by atoms with Crippen LogP contribution in [0.1, 0.15) is 12.0 Å². The molecule has 0 bridgehead atoms. The first-order valence-corrected chi connectivity index (χ1v) is 9.28. The van der Waals surface area contributed by atoms with Crippen LogP contribution in [0.15, 0.2) is 42.5 Å². The summed E-state index contributed by atoms with van der Waals surface area (Å²) in [6.45, 7) is 1.99. The number of hydrogen-bond donors (Lipinski definition) is 2. The van der Waals surface area contributed by atoms with Crippen LogP contribution in [0.4, 0.5) is 0 Å². The lowest BCUT2D eigenvalue weighted by Crippen LogP contribution is -2.35. The van der Waals surface area contributed by atoms with Crippen molar-refractivity contribution in [2.45, 2.75) is 19.0 Å². The summed E-state index contributed by atoms with van der Waals surface area (Å²) in [5, 5.41) is 6.07. The van der Waals surface area contributed by atoms with Crippen molar-refractivity contribution in [3.63, 3.8) is 0 Å². The van der Waals surface area contributed by atoms with E-state index in [0.717, 1.165) is 17.7 Å². The molecule has 7 nitrogen and oxygen atoms in total. The molecule has 1 fully saturated rings. The van der Waals surface area contributed by atoms with E-state index in [2.05, 4.69) is 10.6 Å². The molecule has 150 valence electrons. The number of rotatable bonds is 10. The molecular formula is C21H26N2O5. The number of nitrogens with one attached hydrogen (secondary N) is 2. The average molecular weight is 386 g/mol. The number of amides is 1. The van der Waals surface area contributed by atoms with Crippen molar-refractivity contribution in [1.29, 1.82) is 0 Å². The van der Waals surface area contributed by atoms with Crippen LogP contribution in [0.3, 0.4) is 0 Å². The minimum absolute atomic E-state index is 0.0392. The maximum atomic E-state index is 11.7. The van der Waals surface area contributed by atoms with Crippen molar-refractivity contribution in [2.75, 3.05) is 34.0 Å². The summed E-state index contributed by atoms with van der Waals surface area (Å²) in [6.07, 6.45) is 0.787. The van der Waals surface area contributed by atoms with E-state index in [4.69, 9.17) is 18.9 Å². The van der Waals surface area contributed by atoms with Gasteiger partial charge in [0.25, 0.3) is 0 Å². The lowest BCUT2D eigenvalue weighted by atomic mass is 10.1. The Bertz CT molecular complexity index is 757. The van der Waals surface area contributed by atoms with E-state index in [1.54, 1.807) is 14.2 Å². The third-order valence-electron chi connectivity index (χ3n) is 4.46. The molecule has 1 saturated heterocycles. The zero-order valence-corrected chi connectivity index (χ0v) is 16.2. The molecule has 7 heteroatoms. The van der Waals surface area contributed by atoms with Crippen LogP contribution in [-0.2, 0) is 11.3 Å². The highest BCUT2D eigenvalue weighted by molar-refractivity contribution is 5.83. The molecule has 0 aliphatic carbocycles. The smallest absolute Gasteiger partial charge is 0.237 e. The van der Waals surface area contributed by atoms with Gasteiger partial charge < -0.3 is 29.6 Å². The Kier molecular flexibility index (Phi) is 6.97. The summed E-state index contributed by atoms with van der Waals surface area (Å²) in [6, 6.07) is 13.2. The topological polar surface area (TPSA) is 78.1 Å². The largest absolute Gasteiger partial charge is 0.493 e. The number of methoxy groups -OCH3 is 2. The molecular weight excluding hydrogens is 360 g/mol. The fraction of sp³-hybridized carbons (Fsp3) is 0.381. The quantitative estimate of drug-likeness (QED) is 0.609. The summed E-state index contributed by atoms with van der Waals surface area (Å²) in [5.74, 6) is 2.52.